The van der Waals surface area contributed by atoms with E-state index in [0.29, 0.717) is 25.4 Å². The zero-order chi connectivity index (χ0) is 14.9. The van der Waals surface area contributed by atoms with Gasteiger partial charge in [-0.3, -0.25) is 4.98 Å². The van der Waals surface area contributed by atoms with Crippen LogP contribution in [0.15, 0.2) is 48.8 Å². The fourth-order valence-electron chi connectivity index (χ4n) is 1.84. The van der Waals surface area contributed by atoms with Gasteiger partial charge in [-0.2, -0.15) is 0 Å². The summed E-state index contributed by atoms with van der Waals surface area (Å²) in [5, 5.41) is 5.57. The summed E-state index contributed by atoms with van der Waals surface area (Å²) in [5.41, 5.74) is 2.86. The number of rotatable bonds is 6. The van der Waals surface area contributed by atoms with Crippen molar-refractivity contribution in [2.24, 2.45) is 0 Å². The Labute approximate surface area is 124 Å². The zero-order valence-electron chi connectivity index (χ0n) is 12.0. The molecule has 2 N–H and O–H groups in total. The first-order valence-corrected chi connectivity index (χ1v) is 6.88. The Balaban J connectivity index is 1.83. The lowest BCUT2D eigenvalue weighted by Gasteiger charge is -2.09. The normalized spacial score (nSPS) is 10.1. The Morgan fingerprint density at radius 3 is 2.71 bits per heavy atom. The highest BCUT2D eigenvalue weighted by molar-refractivity contribution is 5.88. The molecule has 2 aromatic rings. The van der Waals surface area contributed by atoms with Crippen molar-refractivity contribution in [1.82, 2.24) is 10.3 Å². The van der Waals surface area contributed by atoms with E-state index < -0.39 is 0 Å². The van der Waals surface area contributed by atoms with Crippen LogP contribution >= 0.6 is 0 Å². The standard InChI is InChI=1S/C16H19N3O2/c1-2-21-12-14-5-3-4-13(10-14)11-18-16(20)19-15-6-8-17-9-7-15/h3-10H,2,11-12H2,1H3,(H2,17,18,19,20). The average molecular weight is 285 g/mol. The van der Waals surface area contributed by atoms with Crippen LogP contribution in [-0.4, -0.2) is 17.6 Å². The quantitative estimate of drug-likeness (QED) is 0.857. The molecule has 0 aliphatic heterocycles. The van der Waals surface area contributed by atoms with Gasteiger partial charge in [0.05, 0.1) is 6.61 Å². The van der Waals surface area contributed by atoms with Crippen LogP contribution in [0.3, 0.4) is 0 Å². The smallest absolute Gasteiger partial charge is 0.319 e. The third kappa shape index (κ3) is 5.24. The van der Waals surface area contributed by atoms with Crippen molar-refractivity contribution < 1.29 is 9.53 Å². The van der Waals surface area contributed by atoms with Crippen LogP contribution < -0.4 is 10.6 Å². The Morgan fingerprint density at radius 1 is 1.19 bits per heavy atom. The molecule has 0 fully saturated rings. The summed E-state index contributed by atoms with van der Waals surface area (Å²) < 4.78 is 5.37. The molecular formula is C16H19N3O2. The molecule has 110 valence electrons. The molecule has 2 rings (SSSR count). The molecule has 0 aliphatic carbocycles. The van der Waals surface area contributed by atoms with Gasteiger partial charge in [0, 0.05) is 31.2 Å². The van der Waals surface area contributed by atoms with Gasteiger partial charge in [-0.05, 0) is 30.2 Å². The van der Waals surface area contributed by atoms with E-state index in [9.17, 15) is 4.79 Å². The molecular weight excluding hydrogens is 266 g/mol. The van der Waals surface area contributed by atoms with Crippen LogP contribution in [-0.2, 0) is 17.9 Å². The summed E-state index contributed by atoms with van der Waals surface area (Å²) in [4.78, 5) is 15.7. The summed E-state index contributed by atoms with van der Waals surface area (Å²) in [6.45, 7) is 3.72. The summed E-state index contributed by atoms with van der Waals surface area (Å²) >= 11 is 0. The van der Waals surface area contributed by atoms with Crippen LogP contribution in [0.25, 0.3) is 0 Å². The molecule has 21 heavy (non-hydrogen) atoms. The van der Waals surface area contributed by atoms with Crippen molar-refractivity contribution in [1.29, 1.82) is 0 Å². The lowest BCUT2D eigenvalue weighted by atomic mass is 10.1. The van der Waals surface area contributed by atoms with Gasteiger partial charge in [-0.25, -0.2) is 4.79 Å². The number of hydrogen-bond donors (Lipinski definition) is 2. The number of anilines is 1. The van der Waals surface area contributed by atoms with E-state index in [1.54, 1.807) is 24.5 Å². The highest BCUT2D eigenvalue weighted by Crippen LogP contribution is 2.07. The number of carbonyl (C=O) groups excluding carboxylic acids is 1. The molecule has 0 aliphatic rings. The van der Waals surface area contributed by atoms with E-state index in [2.05, 4.69) is 15.6 Å². The molecule has 0 saturated carbocycles. The average Bonchev–Trinajstić information content (AvgIpc) is 2.52. The Hall–Kier alpha value is -2.40. The number of aromatic nitrogens is 1. The molecule has 0 unspecified atom stereocenters. The molecule has 0 radical (unpaired) electrons. The number of nitrogens with zero attached hydrogens (tertiary/aromatic N) is 1. The number of hydrogen-bond acceptors (Lipinski definition) is 3. The number of benzene rings is 1. The van der Waals surface area contributed by atoms with Gasteiger partial charge in [0.1, 0.15) is 0 Å². The van der Waals surface area contributed by atoms with E-state index in [0.717, 1.165) is 11.1 Å². The van der Waals surface area contributed by atoms with E-state index in [1.807, 2.05) is 31.2 Å². The summed E-state index contributed by atoms with van der Waals surface area (Å²) in [6.07, 6.45) is 3.26. The van der Waals surface area contributed by atoms with Gasteiger partial charge in [0.2, 0.25) is 0 Å². The molecule has 2 amide bonds. The van der Waals surface area contributed by atoms with Gasteiger partial charge in [0.25, 0.3) is 0 Å². The summed E-state index contributed by atoms with van der Waals surface area (Å²) in [5.74, 6) is 0. The summed E-state index contributed by atoms with van der Waals surface area (Å²) in [6, 6.07) is 11.2. The highest BCUT2D eigenvalue weighted by atomic mass is 16.5. The van der Waals surface area contributed by atoms with Gasteiger partial charge in [-0.1, -0.05) is 24.3 Å². The number of nitrogens with one attached hydrogen (secondary N) is 2. The third-order valence-electron chi connectivity index (χ3n) is 2.86. The Bertz CT molecular complexity index is 573. The van der Waals surface area contributed by atoms with Crippen LogP contribution in [0.4, 0.5) is 10.5 Å². The minimum atomic E-state index is -0.239. The van der Waals surface area contributed by atoms with Crippen molar-refractivity contribution in [2.45, 2.75) is 20.1 Å². The topological polar surface area (TPSA) is 63.2 Å². The second-order valence-electron chi connectivity index (χ2n) is 4.50. The van der Waals surface area contributed by atoms with Gasteiger partial charge >= 0.3 is 6.03 Å². The van der Waals surface area contributed by atoms with Crippen LogP contribution in [0.2, 0.25) is 0 Å². The first-order valence-electron chi connectivity index (χ1n) is 6.88. The first kappa shape index (κ1) is 15.0. The van der Waals surface area contributed by atoms with Gasteiger partial charge < -0.3 is 15.4 Å². The van der Waals surface area contributed by atoms with Crippen LogP contribution in [0, 0.1) is 0 Å². The van der Waals surface area contributed by atoms with E-state index in [-0.39, 0.29) is 6.03 Å². The molecule has 1 aromatic carbocycles. The van der Waals surface area contributed by atoms with Crippen molar-refractivity contribution in [3.63, 3.8) is 0 Å². The molecule has 1 heterocycles. The maximum atomic E-state index is 11.8. The SMILES string of the molecule is CCOCc1cccc(CNC(=O)Nc2ccncc2)c1. The number of carbonyl (C=O) groups is 1. The molecule has 0 saturated heterocycles. The zero-order valence-corrected chi connectivity index (χ0v) is 12.0. The molecule has 5 heteroatoms. The first-order chi connectivity index (χ1) is 10.3. The molecule has 0 bridgehead atoms. The maximum absolute atomic E-state index is 11.8. The predicted molar refractivity (Wildman–Crippen MR) is 81.9 cm³/mol. The Morgan fingerprint density at radius 2 is 1.95 bits per heavy atom. The van der Waals surface area contributed by atoms with Gasteiger partial charge in [-0.15, -0.1) is 0 Å². The Kier molecular flexibility index (Phi) is 5.72. The number of amides is 2. The molecule has 1 aromatic heterocycles. The van der Waals surface area contributed by atoms with Crippen LogP contribution in [0.5, 0.6) is 0 Å². The second-order valence-corrected chi connectivity index (χ2v) is 4.50. The number of pyridine rings is 1. The maximum Gasteiger partial charge on any atom is 0.319 e. The fourth-order valence-corrected chi connectivity index (χ4v) is 1.84. The lowest BCUT2D eigenvalue weighted by Crippen LogP contribution is -2.28. The van der Waals surface area contributed by atoms with E-state index in [1.165, 1.54) is 0 Å². The fraction of sp³-hybridized carbons (Fsp3) is 0.250. The largest absolute Gasteiger partial charge is 0.377 e. The van der Waals surface area contributed by atoms with Gasteiger partial charge in [0.15, 0.2) is 0 Å². The van der Waals surface area contributed by atoms with E-state index in [4.69, 9.17) is 4.74 Å². The molecule has 5 nitrogen and oxygen atoms in total. The minimum absolute atomic E-state index is 0.239. The monoisotopic (exact) mass is 285 g/mol. The molecule has 0 atom stereocenters. The van der Waals surface area contributed by atoms with Crippen molar-refractivity contribution in [2.75, 3.05) is 11.9 Å². The van der Waals surface area contributed by atoms with Crippen molar-refractivity contribution in [3.05, 3.63) is 59.9 Å². The lowest BCUT2D eigenvalue weighted by molar-refractivity contribution is 0.134. The van der Waals surface area contributed by atoms with Crippen molar-refractivity contribution >= 4 is 11.7 Å². The minimum Gasteiger partial charge on any atom is -0.377 e. The molecule has 0 spiro atoms. The highest BCUT2D eigenvalue weighted by Gasteiger charge is 2.02. The number of urea groups is 1. The number of ether oxygens (including phenoxy) is 1. The van der Waals surface area contributed by atoms with Crippen molar-refractivity contribution in [3.8, 4) is 0 Å². The predicted octanol–water partition coefficient (Wildman–Crippen LogP) is 2.94. The van der Waals surface area contributed by atoms with E-state index >= 15 is 0 Å². The summed E-state index contributed by atoms with van der Waals surface area (Å²) in [7, 11) is 0. The van der Waals surface area contributed by atoms with Crippen LogP contribution in [0.1, 0.15) is 18.1 Å². The third-order valence-corrected chi connectivity index (χ3v) is 2.86. The second kappa shape index (κ2) is 8.01.